The van der Waals surface area contributed by atoms with Gasteiger partial charge >= 0.3 is 0 Å². The number of aromatic nitrogens is 4. The molecule has 3 aromatic rings. The van der Waals surface area contributed by atoms with Crippen molar-refractivity contribution in [1.29, 1.82) is 0 Å². The van der Waals surface area contributed by atoms with Gasteiger partial charge in [-0.3, -0.25) is 14.3 Å². The monoisotopic (exact) mass is 545 g/mol. The Balaban J connectivity index is 2.15. The Kier molecular flexibility index (Phi) is 9.12. The van der Waals surface area contributed by atoms with Gasteiger partial charge in [0.15, 0.2) is 5.82 Å². The fourth-order valence-corrected chi connectivity index (χ4v) is 4.31. The third-order valence-electron chi connectivity index (χ3n) is 5.29. The first-order valence-corrected chi connectivity index (χ1v) is 12.7. The summed E-state index contributed by atoms with van der Waals surface area (Å²) >= 11 is 0. The zero-order valence-corrected chi connectivity index (χ0v) is 22.4. The van der Waals surface area contributed by atoms with Crippen molar-refractivity contribution in [3.8, 4) is 34.5 Å². The number of halogens is 1. The summed E-state index contributed by atoms with van der Waals surface area (Å²) in [5.41, 5.74) is 0.688. The van der Waals surface area contributed by atoms with Crippen molar-refractivity contribution in [3.63, 3.8) is 0 Å². The van der Waals surface area contributed by atoms with Crippen LogP contribution in [0.2, 0.25) is 0 Å². The van der Waals surface area contributed by atoms with E-state index < -0.39 is 21.1 Å². The lowest BCUT2D eigenvalue weighted by Gasteiger charge is -2.19. The Morgan fingerprint density at radius 3 is 2.45 bits per heavy atom. The minimum Gasteiger partial charge on any atom is -0.497 e. The number of amidine groups is 1. The highest BCUT2D eigenvalue weighted by molar-refractivity contribution is 7.93. The van der Waals surface area contributed by atoms with Gasteiger partial charge < -0.3 is 14.2 Å². The molecule has 2 heterocycles. The molecule has 14 heteroatoms. The molecule has 12 nitrogen and oxygen atoms in total. The lowest BCUT2D eigenvalue weighted by molar-refractivity contribution is 0.391. The van der Waals surface area contributed by atoms with Crippen molar-refractivity contribution < 1.29 is 27.0 Å². The van der Waals surface area contributed by atoms with Crippen molar-refractivity contribution >= 4 is 28.5 Å². The Morgan fingerprint density at radius 2 is 1.87 bits per heavy atom. The Labute approximate surface area is 220 Å². The van der Waals surface area contributed by atoms with Crippen LogP contribution in [0.25, 0.3) is 17.2 Å². The van der Waals surface area contributed by atoms with Crippen molar-refractivity contribution in [2.45, 2.75) is 25.5 Å². The maximum absolute atomic E-state index is 13.3. The number of anilines is 1. The Morgan fingerprint density at radius 1 is 1.18 bits per heavy atom. The Bertz CT molecular complexity index is 1440. The van der Waals surface area contributed by atoms with Crippen LogP contribution in [0.4, 0.5) is 10.3 Å². The molecular formula is C24H28FN7O5S. The lowest BCUT2D eigenvalue weighted by atomic mass is 10.2. The number of pyridine rings is 1. The quantitative estimate of drug-likeness (QED) is 0.283. The van der Waals surface area contributed by atoms with Gasteiger partial charge in [0.2, 0.25) is 16.0 Å². The zero-order chi connectivity index (χ0) is 27.9. The molecular weight excluding hydrogens is 517 g/mol. The summed E-state index contributed by atoms with van der Waals surface area (Å²) in [6.07, 6.45) is 2.32. The highest BCUT2D eigenvalue weighted by Crippen LogP contribution is 2.37. The second-order valence-electron chi connectivity index (χ2n) is 7.86. The van der Waals surface area contributed by atoms with Crippen LogP contribution in [-0.4, -0.2) is 67.3 Å². The van der Waals surface area contributed by atoms with Crippen LogP contribution >= 0.6 is 0 Å². The fourth-order valence-electron chi connectivity index (χ4n) is 3.36. The van der Waals surface area contributed by atoms with Crippen molar-refractivity contribution in [1.82, 2.24) is 19.7 Å². The minimum atomic E-state index is -4.09. The molecule has 0 aliphatic carbocycles. The summed E-state index contributed by atoms with van der Waals surface area (Å²) in [4.78, 5) is 11.9. The van der Waals surface area contributed by atoms with Crippen LogP contribution < -0.4 is 18.9 Å². The van der Waals surface area contributed by atoms with E-state index in [4.69, 9.17) is 14.2 Å². The van der Waals surface area contributed by atoms with E-state index in [0.717, 1.165) is 6.20 Å². The molecule has 0 fully saturated rings. The largest absolute Gasteiger partial charge is 0.497 e. The third-order valence-corrected chi connectivity index (χ3v) is 6.99. The van der Waals surface area contributed by atoms with E-state index in [2.05, 4.69) is 36.6 Å². The molecule has 0 unspecified atom stereocenters. The van der Waals surface area contributed by atoms with Crippen LogP contribution in [0.5, 0.6) is 17.2 Å². The van der Waals surface area contributed by atoms with E-state index in [9.17, 15) is 12.8 Å². The van der Waals surface area contributed by atoms with E-state index in [0.29, 0.717) is 28.6 Å². The average molecular weight is 546 g/mol. The molecule has 0 spiro atoms. The van der Waals surface area contributed by atoms with Gasteiger partial charge in [-0.05, 0) is 38.8 Å². The highest BCUT2D eigenvalue weighted by Gasteiger charge is 2.29. The van der Waals surface area contributed by atoms with Gasteiger partial charge in [0.1, 0.15) is 40.3 Å². The number of methoxy groups -OCH3 is 3. The molecule has 0 aliphatic rings. The number of sulfonamides is 1. The third kappa shape index (κ3) is 6.32. The van der Waals surface area contributed by atoms with Crippen LogP contribution in [0.1, 0.15) is 20.3 Å². The first kappa shape index (κ1) is 28.2. The van der Waals surface area contributed by atoms with E-state index in [1.807, 2.05) is 0 Å². The van der Waals surface area contributed by atoms with Crippen LogP contribution in [0.15, 0.2) is 58.5 Å². The second-order valence-corrected chi connectivity index (χ2v) is 9.95. The number of rotatable bonds is 11. The SMILES string of the molecule is C=N/C(C[C@H](C)S(=O)(=O)Nc1nnc(-c2cc(OC)ccn2)n1-c1c(OC)cccc1OC)=N\C=C(/C)F. The smallest absolute Gasteiger partial charge is 0.243 e. The van der Waals surface area contributed by atoms with Crippen LogP contribution in [0, 0.1) is 0 Å². The summed E-state index contributed by atoms with van der Waals surface area (Å²) in [7, 11) is 0.351. The van der Waals surface area contributed by atoms with Crippen molar-refractivity contribution in [2.75, 3.05) is 26.1 Å². The molecule has 202 valence electrons. The van der Waals surface area contributed by atoms with Gasteiger partial charge in [-0.2, -0.15) is 0 Å². The molecule has 0 saturated heterocycles. The van der Waals surface area contributed by atoms with Crippen LogP contribution in [0.3, 0.4) is 0 Å². The van der Waals surface area contributed by atoms with E-state index >= 15 is 0 Å². The van der Waals surface area contributed by atoms with Gasteiger partial charge in [0, 0.05) is 18.7 Å². The second kappa shape index (κ2) is 12.3. The number of ether oxygens (including phenoxy) is 3. The molecule has 1 atom stereocenters. The maximum atomic E-state index is 13.3. The zero-order valence-electron chi connectivity index (χ0n) is 21.5. The predicted molar refractivity (Wildman–Crippen MR) is 143 cm³/mol. The summed E-state index contributed by atoms with van der Waals surface area (Å²) in [6.45, 7) is 6.04. The number of nitrogens with one attached hydrogen (secondary N) is 1. The first-order valence-electron chi connectivity index (χ1n) is 11.2. The molecule has 0 radical (unpaired) electrons. The lowest BCUT2D eigenvalue weighted by Crippen LogP contribution is -2.28. The van der Waals surface area contributed by atoms with Crippen molar-refractivity contribution in [2.24, 2.45) is 9.98 Å². The summed E-state index contributed by atoms with van der Waals surface area (Å²) in [6, 6.07) is 8.37. The number of hydrogen-bond acceptors (Lipinski definition) is 9. The number of nitrogens with zero attached hydrogens (tertiary/aromatic N) is 6. The molecule has 1 aromatic carbocycles. The summed E-state index contributed by atoms with van der Waals surface area (Å²) in [5.74, 6) is 0.764. The number of aliphatic imine (C=N–C) groups is 2. The van der Waals surface area contributed by atoms with Gasteiger partial charge in [0.05, 0.1) is 32.8 Å². The van der Waals surface area contributed by atoms with E-state index in [-0.39, 0.29) is 24.0 Å². The molecule has 2 aromatic heterocycles. The first-order chi connectivity index (χ1) is 18.1. The number of allylic oxidation sites excluding steroid dienone is 1. The number of benzene rings is 1. The standard InChI is InChI=1S/C24H28FN7O5S/c1-15(25)14-28-21(26-3)12-16(2)38(33,34)31-24-30-29-23(18-13-17(35-4)10-11-27-18)32(24)22-19(36-5)8-7-9-20(22)37-6/h7-11,13-14,16H,3,12H2,1-2,4-6H3,(H,30,31)/b15-14+,28-21-/t16-/m0/s1. The van der Waals surface area contributed by atoms with Gasteiger partial charge in [-0.25, -0.2) is 22.8 Å². The summed E-state index contributed by atoms with van der Waals surface area (Å²) in [5, 5.41) is 7.27. The van der Waals surface area contributed by atoms with Gasteiger partial charge in [0.25, 0.3) is 0 Å². The molecule has 0 bridgehead atoms. The molecule has 0 amide bonds. The maximum Gasteiger partial charge on any atom is 0.243 e. The van der Waals surface area contributed by atoms with E-state index in [1.54, 1.807) is 30.3 Å². The molecule has 0 saturated carbocycles. The van der Waals surface area contributed by atoms with E-state index in [1.165, 1.54) is 45.9 Å². The molecule has 0 aliphatic heterocycles. The summed E-state index contributed by atoms with van der Waals surface area (Å²) < 4.78 is 60.1. The topological polar surface area (TPSA) is 142 Å². The molecule has 3 rings (SSSR count). The molecule has 38 heavy (non-hydrogen) atoms. The number of hydrogen-bond donors (Lipinski definition) is 1. The normalized spacial score (nSPS) is 13.1. The molecule has 1 N–H and O–H groups in total. The minimum absolute atomic E-state index is 0.0500. The average Bonchev–Trinajstić information content (AvgIpc) is 3.32. The predicted octanol–water partition coefficient (Wildman–Crippen LogP) is 3.81. The number of para-hydroxylation sites is 1. The fraction of sp³-hybridized carbons (Fsp3) is 0.292. The van der Waals surface area contributed by atoms with Crippen LogP contribution in [-0.2, 0) is 10.0 Å². The highest BCUT2D eigenvalue weighted by atomic mass is 32.2. The van der Waals surface area contributed by atoms with Crippen molar-refractivity contribution in [3.05, 3.63) is 48.6 Å². The Hall–Kier alpha value is -4.33. The van der Waals surface area contributed by atoms with Gasteiger partial charge in [-0.1, -0.05) is 6.07 Å². The van der Waals surface area contributed by atoms with Gasteiger partial charge in [-0.15, -0.1) is 10.2 Å².